The molecule has 9 nitrogen and oxygen atoms in total. The molecular formula is C22H45N5O4S. The van der Waals surface area contributed by atoms with Crippen molar-refractivity contribution in [1.82, 2.24) is 10.6 Å². The second kappa shape index (κ2) is 11.2. The van der Waals surface area contributed by atoms with Crippen LogP contribution >= 0.6 is 11.8 Å². The van der Waals surface area contributed by atoms with Gasteiger partial charge < -0.3 is 32.9 Å². The fourth-order valence-corrected chi connectivity index (χ4v) is 4.57. The van der Waals surface area contributed by atoms with E-state index in [9.17, 15) is 19.5 Å². The zero-order valence-electron chi connectivity index (χ0n) is 21.2. The Kier molecular flexibility index (Phi) is 10.7. The number of carbonyl (C=O) groups is 3. The first-order chi connectivity index (χ1) is 14.2. The molecule has 0 aliphatic heterocycles. The Morgan fingerprint density at radius 2 is 1.41 bits per heavy atom. The molecule has 0 heterocycles. The zero-order chi connectivity index (χ0) is 25.7. The van der Waals surface area contributed by atoms with Crippen LogP contribution in [0.25, 0.3) is 0 Å². The molecule has 10 heteroatoms. The second-order valence-corrected chi connectivity index (χ2v) is 12.2. The van der Waals surface area contributed by atoms with Gasteiger partial charge in [0.2, 0.25) is 11.8 Å². The van der Waals surface area contributed by atoms with Crippen LogP contribution in [0.4, 0.5) is 0 Å². The summed E-state index contributed by atoms with van der Waals surface area (Å²) in [7, 11) is 0. The van der Waals surface area contributed by atoms with Crippen molar-refractivity contribution >= 4 is 29.5 Å². The topological polar surface area (TPSA) is 174 Å². The van der Waals surface area contributed by atoms with E-state index in [2.05, 4.69) is 10.6 Å². The first-order valence-electron chi connectivity index (χ1n) is 10.8. The second-order valence-electron chi connectivity index (χ2n) is 11.3. The van der Waals surface area contributed by atoms with Crippen LogP contribution < -0.4 is 27.8 Å². The molecule has 188 valence electrons. The summed E-state index contributed by atoms with van der Waals surface area (Å²) in [5.74, 6) is -1.16. The Morgan fingerprint density at radius 1 is 0.938 bits per heavy atom. The van der Waals surface area contributed by atoms with E-state index in [1.165, 1.54) is 0 Å². The molecule has 0 aromatic rings. The van der Waals surface area contributed by atoms with Gasteiger partial charge in [0.25, 0.3) is 0 Å². The molecule has 0 fully saturated rings. The normalized spacial score (nSPS) is 15.3. The number of nitrogens with one attached hydrogen (secondary N) is 2. The third-order valence-corrected chi connectivity index (χ3v) is 6.27. The minimum atomic E-state index is -1.12. The molecule has 9 N–H and O–H groups in total. The number of aliphatic carboxylic acids is 1. The summed E-state index contributed by atoms with van der Waals surface area (Å²) in [6, 6.07) is -2.43. The van der Waals surface area contributed by atoms with Crippen molar-refractivity contribution in [2.45, 2.75) is 97.4 Å². The highest BCUT2D eigenvalue weighted by molar-refractivity contribution is 7.98. The number of carboxylic acid groups (broad SMARTS) is 1. The van der Waals surface area contributed by atoms with E-state index in [1.54, 1.807) is 67.2 Å². The highest BCUT2D eigenvalue weighted by Crippen LogP contribution is 2.36. The van der Waals surface area contributed by atoms with Crippen LogP contribution in [0.3, 0.4) is 0 Å². The molecule has 0 spiro atoms. The number of hydrogen-bond acceptors (Lipinski definition) is 7. The lowest BCUT2D eigenvalue weighted by atomic mass is 9.70. The van der Waals surface area contributed by atoms with Crippen LogP contribution in [0.2, 0.25) is 0 Å². The summed E-state index contributed by atoms with van der Waals surface area (Å²) in [5, 5.41) is 15.1. The molecule has 0 radical (unpaired) electrons. The predicted molar refractivity (Wildman–Crippen MR) is 131 cm³/mol. The van der Waals surface area contributed by atoms with Gasteiger partial charge in [0.1, 0.15) is 12.1 Å². The van der Waals surface area contributed by atoms with Crippen LogP contribution in [0.5, 0.6) is 0 Å². The van der Waals surface area contributed by atoms with E-state index >= 15 is 0 Å². The third kappa shape index (κ3) is 9.25. The Balaban J connectivity index is 5.63. The van der Waals surface area contributed by atoms with Gasteiger partial charge in [-0.3, -0.25) is 14.4 Å². The van der Waals surface area contributed by atoms with E-state index < -0.39 is 46.0 Å². The molecule has 0 saturated heterocycles. The van der Waals surface area contributed by atoms with E-state index in [-0.39, 0.29) is 18.2 Å². The van der Waals surface area contributed by atoms with Crippen molar-refractivity contribution in [1.29, 1.82) is 0 Å². The quantitative estimate of drug-likeness (QED) is 0.229. The molecule has 0 aromatic heterocycles. The Morgan fingerprint density at radius 3 is 1.78 bits per heavy atom. The monoisotopic (exact) mass is 475 g/mol. The van der Waals surface area contributed by atoms with Crippen LogP contribution in [-0.2, 0) is 14.4 Å². The summed E-state index contributed by atoms with van der Waals surface area (Å²) in [4.78, 5) is 37.7. The maximum atomic E-state index is 13.2. The van der Waals surface area contributed by atoms with Crippen molar-refractivity contribution in [3.05, 3.63) is 0 Å². The number of hydrogen-bond donors (Lipinski definition) is 6. The van der Waals surface area contributed by atoms with Gasteiger partial charge in [-0.05, 0) is 58.0 Å². The van der Waals surface area contributed by atoms with E-state index in [0.29, 0.717) is 12.2 Å². The molecule has 2 amide bonds. The lowest BCUT2D eigenvalue weighted by molar-refractivity contribution is -0.143. The summed E-state index contributed by atoms with van der Waals surface area (Å²) in [6.07, 6.45) is 2.57. The maximum absolute atomic E-state index is 13.2. The van der Waals surface area contributed by atoms with Gasteiger partial charge in [-0.15, -0.1) is 0 Å². The fraction of sp³-hybridized carbons (Fsp3) is 0.864. The number of amides is 2. The maximum Gasteiger partial charge on any atom is 0.321 e. The van der Waals surface area contributed by atoms with Crippen molar-refractivity contribution in [2.75, 3.05) is 12.0 Å². The molecule has 32 heavy (non-hydrogen) atoms. The minimum absolute atomic E-state index is 0.227. The summed E-state index contributed by atoms with van der Waals surface area (Å²) < 4.78 is 0. The molecule has 0 saturated carbocycles. The summed E-state index contributed by atoms with van der Waals surface area (Å²) >= 11 is 1.57. The molecule has 0 aliphatic carbocycles. The molecular weight excluding hydrogens is 430 g/mol. The smallest absolute Gasteiger partial charge is 0.321 e. The lowest BCUT2D eigenvalue weighted by Gasteiger charge is -2.41. The summed E-state index contributed by atoms with van der Waals surface area (Å²) in [6.45, 7) is 14.0. The van der Waals surface area contributed by atoms with Gasteiger partial charge in [-0.2, -0.15) is 11.8 Å². The predicted octanol–water partition coefficient (Wildman–Crippen LogP) is 1.04. The largest absolute Gasteiger partial charge is 0.480 e. The van der Waals surface area contributed by atoms with Crippen molar-refractivity contribution < 1.29 is 19.5 Å². The highest BCUT2D eigenvalue weighted by atomic mass is 32.2. The number of nitrogens with two attached hydrogens (primary N) is 3. The van der Waals surface area contributed by atoms with Crippen LogP contribution in [0, 0.1) is 10.8 Å². The van der Waals surface area contributed by atoms with E-state index in [0.717, 1.165) is 0 Å². The Bertz CT molecular complexity index is 654. The average molecular weight is 476 g/mol. The Labute approximate surface area is 197 Å². The molecule has 2 atom stereocenters. The van der Waals surface area contributed by atoms with Gasteiger partial charge in [0.05, 0.1) is 6.04 Å². The number of carboxylic acids is 1. The van der Waals surface area contributed by atoms with Gasteiger partial charge in [0, 0.05) is 16.5 Å². The molecule has 0 unspecified atom stereocenters. The highest BCUT2D eigenvalue weighted by Gasteiger charge is 2.42. The first kappa shape index (κ1) is 30.6. The van der Waals surface area contributed by atoms with Crippen molar-refractivity contribution in [3.63, 3.8) is 0 Å². The van der Waals surface area contributed by atoms with Gasteiger partial charge in [0.15, 0.2) is 0 Å². The van der Waals surface area contributed by atoms with E-state index in [1.807, 2.05) is 6.26 Å². The third-order valence-electron chi connectivity index (χ3n) is 5.63. The SMILES string of the molecule is CSCC[C@H](NC(=O)C(C)(C)CC(C)(C)[C@H](N)C(=O)O)C(=O)NC(C(C)(C)N)C(C)(C)N. The minimum Gasteiger partial charge on any atom is -0.480 e. The number of carbonyl (C=O) groups excluding carboxylic acids is 2. The molecule has 0 bridgehead atoms. The fourth-order valence-electron chi connectivity index (χ4n) is 4.10. The zero-order valence-corrected chi connectivity index (χ0v) is 22.0. The summed E-state index contributed by atoms with van der Waals surface area (Å²) in [5.41, 5.74) is 15.0. The van der Waals surface area contributed by atoms with Crippen LogP contribution in [-0.4, -0.2) is 64.1 Å². The Hall–Kier alpha value is -1.36. The molecule has 0 rings (SSSR count). The van der Waals surface area contributed by atoms with E-state index in [4.69, 9.17) is 17.2 Å². The van der Waals surface area contributed by atoms with Crippen molar-refractivity contribution in [3.8, 4) is 0 Å². The first-order valence-corrected chi connectivity index (χ1v) is 12.2. The molecule has 0 aliphatic rings. The number of rotatable bonds is 13. The van der Waals surface area contributed by atoms with Crippen LogP contribution in [0.15, 0.2) is 0 Å². The lowest BCUT2D eigenvalue weighted by Crippen LogP contribution is -2.68. The van der Waals surface area contributed by atoms with Crippen molar-refractivity contribution in [2.24, 2.45) is 28.0 Å². The van der Waals surface area contributed by atoms with Gasteiger partial charge in [-0.25, -0.2) is 0 Å². The standard InChI is InChI=1S/C22H45N5O4S/c1-19(2,14(23)16(29)30)12-20(3,4)18(31)26-13(10-11-32-9)15(28)27-17(21(5,6)24)22(7,8)25/h13-14,17H,10-12,23-25H2,1-9H3,(H,26,31)(H,27,28)(H,29,30)/t13-,14+/m0/s1. The van der Waals surface area contributed by atoms with Gasteiger partial charge in [-0.1, -0.05) is 27.7 Å². The molecule has 0 aromatic carbocycles. The average Bonchev–Trinajstić information content (AvgIpc) is 2.58. The van der Waals surface area contributed by atoms with Crippen LogP contribution in [0.1, 0.15) is 68.2 Å². The van der Waals surface area contributed by atoms with Gasteiger partial charge >= 0.3 is 5.97 Å². The number of thioether (sulfide) groups is 1.